The molecule has 3 atom stereocenters. The lowest BCUT2D eigenvalue weighted by molar-refractivity contribution is -0.143. The zero-order valence-corrected chi connectivity index (χ0v) is 25.6. The fraction of sp³-hybridized carbons (Fsp3) is 0.621. The molecule has 2 aliphatic carbocycles. The van der Waals surface area contributed by atoms with E-state index in [0.29, 0.717) is 58.8 Å². The second-order valence-electron chi connectivity index (χ2n) is 10.6. The summed E-state index contributed by atoms with van der Waals surface area (Å²) < 4.78 is 17.9. The van der Waals surface area contributed by atoms with Gasteiger partial charge in [0, 0.05) is 56.2 Å². The lowest BCUT2D eigenvalue weighted by atomic mass is 9.87. The molecule has 226 valence electrons. The molecule has 41 heavy (non-hydrogen) atoms. The summed E-state index contributed by atoms with van der Waals surface area (Å²) in [6.45, 7) is 3.72. The van der Waals surface area contributed by atoms with Crippen LogP contribution < -0.4 is 14.8 Å². The number of aldehydes is 1. The van der Waals surface area contributed by atoms with Gasteiger partial charge >= 0.3 is 0 Å². The van der Waals surface area contributed by atoms with E-state index in [1.807, 2.05) is 22.6 Å². The molecule has 1 aliphatic heterocycles. The Morgan fingerprint density at radius 3 is 2.63 bits per heavy atom. The first-order valence-corrected chi connectivity index (χ1v) is 15.3. The summed E-state index contributed by atoms with van der Waals surface area (Å²) in [5.74, 6) is 0.152. The number of aliphatic hydroxyl groups excluding tert-OH is 2. The Morgan fingerprint density at radius 1 is 1.24 bits per heavy atom. The molecule has 11 nitrogen and oxygen atoms in total. The van der Waals surface area contributed by atoms with Crippen molar-refractivity contribution in [2.75, 3.05) is 59.7 Å². The molecule has 0 radical (unpaired) electrons. The lowest BCUT2D eigenvalue weighted by Gasteiger charge is -2.42. The van der Waals surface area contributed by atoms with Gasteiger partial charge in [-0.25, -0.2) is 0 Å². The third kappa shape index (κ3) is 7.98. The Labute approximate surface area is 254 Å². The van der Waals surface area contributed by atoms with Crippen LogP contribution >= 0.6 is 22.6 Å². The molecule has 1 aromatic carbocycles. The minimum Gasteiger partial charge on any atom is -0.493 e. The standard InChI is InChI=1S/C29H40IN3O8/c1-39-25-15-19(18-35)14-22(30)27(25)41-24-17-21(28(37)31-6-11-34)16-23(26(24)36)33(29(38)20-4-2-3-5-20)8-7-32-9-12-40-13-10-32/h14-15,17-18,20,23-24,26,34,36H,2-13,16H2,1H3,(H,31,37). The van der Waals surface area contributed by atoms with Crippen LogP contribution in [0.1, 0.15) is 42.5 Å². The fourth-order valence-corrected chi connectivity index (χ4v) is 6.51. The molecular formula is C29H40IN3O8. The van der Waals surface area contributed by atoms with Crippen LogP contribution in [0.5, 0.6) is 11.5 Å². The number of nitrogens with zero attached hydrogens (tertiary/aromatic N) is 2. The van der Waals surface area contributed by atoms with Crippen molar-refractivity contribution in [3.8, 4) is 11.5 Å². The van der Waals surface area contributed by atoms with Crippen molar-refractivity contribution in [1.29, 1.82) is 0 Å². The number of benzene rings is 1. The number of hydrogen-bond acceptors (Lipinski definition) is 9. The summed E-state index contributed by atoms with van der Waals surface area (Å²) in [5.41, 5.74) is 0.782. The van der Waals surface area contributed by atoms with Crippen molar-refractivity contribution in [3.05, 3.63) is 32.9 Å². The summed E-state index contributed by atoms with van der Waals surface area (Å²) in [6, 6.07) is 2.50. The predicted octanol–water partition coefficient (Wildman–Crippen LogP) is 1.38. The first-order valence-electron chi connectivity index (χ1n) is 14.2. The summed E-state index contributed by atoms with van der Waals surface area (Å²) in [4.78, 5) is 42.4. The second kappa shape index (κ2) is 15.3. The normalized spacial score (nSPS) is 23.5. The van der Waals surface area contributed by atoms with Crippen LogP contribution in [0, 0.1) is 9.49 Å². The van der Waals surface area contributed by atoms with E-state index in [2.05, 4.69) is 10.2 Å². The average Bonchev–Trinajstić information content (AvgIpc) is 3.54. The second-order valence-corrected chi connectivity index (χ2v) is 11.8. The molecule has 1 saturated heterocycles. The SMILES string of the molecule is COc1cc(C=O)cc(I)c1OC1C=C(C(=O)NCCO)CC(N(CCN2CCOCC2)C(=O)C2CCCC2)C1O. The molecule has 1 heterocycles. The molecule has 2 fully saturated rings. The van der Waals surface area contributed by atoms with E-state index in [-0.39, 0.29) is 37.3 Å². The molecule has 0 bridgehead atoms. The highest BCUT2D eigenvalue weighted by molar-refractivity contribution is 14.1. The number of aliphatic hydroxyl groups is 2. The number of rotatable bonds is 12. The Hall–Kier alpha value is -2.26. The van der Waals surface area contributed by atoms with Crippen LogP contribution in [0.3, 0.4) is 0 Å². The first kappa shape index (κ1) is 31.7. The largest absolute Gasteiger partial charge is 0.493 e. The Bertz CT molecular complexity index is 1100. The summed E-state index contributed by atoms with van der Waals surface area (Å²) in [7, 11) is 1.46. The third-order valence-corrected chi connectivity index (χ3v) is 8.81. The van der Waals surface area contributed by atoms with Gasteiger partial charge in [0.2, 0.25) is 11.8 Å². The third-order valence-electron chi connectivity index (χ3n) is 8.00. The maximum Gasteiger partial charge on any atom is 0.247 e. The van der Waals surface area contributed by atoms with E-state index in [1.165, 1.54) is 7.11 Å². The highest BCUT2D eigenvalue weighted by atomic mass is 127. The monoisotopic (exact) mass is 685 g/mol. The van der Waals surface area contributed by atoms with Gasteiger partial charge in [-0.3, -0.25) is 19.3 Å². The summed E-state index contributed by atoms with van der Waals surface area (Å²) >= 11 is 2.04. The number of morpholine rings is 1. The number of methoxy groups -OCH3 is 1. The summed E-state index contributed by atoms with van der Waals surface area (Å²) in [6.07, 6.45) is 3.95. The molecule has 0 aromatic heterocycles. The van der Waals surface area contributed by atoms with E-state index in [4.69, 9.17) is 14.2 Å². The Kier molecular flexibility index (Phi) is 11.8. The van der Waals surface area contributed by atoms with Gasteiger partial charge in [0.1, 0.15) is 18.5 Å². The van der Waals surface area contributed by atoms with E-state index >= 15 is 0 Å². The number of carbonyl (C=O) groups is 3. The average molecular weight is 686 g/mol. The van der Waals surface area contributed by atoms with E-state index < -0.39 is 18.2 Å². The molecule has 12 heteroatoms. The minimum atomic E-state index is -1.13. The number of amides is 2. The molecule has 2 amide bonds. The van der Waals surface area contributed by atoms with Gasteiger partial charge in [-0.1, -0.05) is 12.8 Å². The van der Waals surface area contributed by atoms with Crippen LogP contribution in [-0.4, -0.2) is 116 Å². The van der Waals surface area contributed by atoms with Gasteiger partial charge in [-0.2, -0.15) is 0 Å². The maximum absolute atomic E-state index is 13.9. The molecule has 3 N–H and O–H groups in total. The molecule has 1 saturated carbocycles. The van der Waals surface area contributed by atoms with Crippen molar-refractivity contribution >= 4 is 40.7 Å². The van der Waals surface area contributed by atoms with E-state index in [9.17, 15) is 24.6 Å². The fourth-order valence-electron chi connectivity index (χ4n) is 5.76. The molecule has 0 spiro atoms. The Morgan fingerprint density at radius 2 is 1.98 bits per heavy atom. The Balaban J connectivity index is 1.66. The quantitative estimate of drug-likeness (QED) is 0.220. The van der Waals surface area contributed by atoms with Crippen molar-refractivity contribution in [1.82, 2.24) is 15.1 Å². The minimum absolute atomic E-state index is 0.00178. The highest BCUT2D eigenvalue weighted by Gasteiger charge is 2.42. The number of halogens is 1. The van der Waals surface area contributed by atoms with Crippen LogP contribution in [0.2, 0.25) is 0 Å². The van der Waals surface area contributed by atoms with Gasteiger partial charge < -0.3 is 34.6 Å². The molecular weight excluding hydrogens is 645 g/mol. The van der Waals surface area contributed by atoms with Crippen molar-refractivity contribution < 1.29 is 38.8 Å². The molecule has 3 aliphatic rings. The van der Waals surface area contributed by atoms with Gasteiger partial charge in [-0.05, 0) is 53.6 Å². The lowest BCUT2D eigenvalue weighted by Crippen LogP contribution is -2.57. The van der Waals surface area contributed by atoms with Gasteiger partial charge in [0.15, 0.2) is 11.5 Å². The predicted molar refractivity (Wildman–Crippen MR) is 159 cm³/mol. The smallest absolute Gasteiger partial charge is 0.247 e. The first-order chi connectivity index (χ1) is 19.9. The topological polar surface area (TPSA) is 138 Å². The summed E-state index contributed by atoms with van der Waals surface area (Å²) in [5, 5.41) is 23.7. The molecule has 4 rings (SSSR count). The van der Waals surface area contributed by atoms with E-state index in [1.54, 1.807) is 23.1 Å². The van der Waals surface area contributed by atoms with Crippen LogP contribution in [0.15, 0.2) is 23.8 Å². The van der Waals surface area contributed by atoms with Gasteiger partial charge in [0.05, 0.1) is 36.5 Å². The number of hydrogen-bond donors (Lipinski definition) is 3. The van der Waals surface area contributed by atoms with Crippen LogP contribution in [0.4, 0.5) is 0 Å². The van der Waals surface area contributed by atoms with Gasteiger partial charge in [-0.15, -0.1) is 0 Å². The van der Waals surface area contributed by atoms with Crippen molar-refractivity contribution in [2.24, 2.45) is 5.92 Å². The van der Waals surface area contributed by atoms with E-state index in [0.717, 1.165) is 38.8 Å². The zero-order chi connectivity index (χ0) is 29.4. The number of carbonyl (C=O) groups excluding carboxylic acids is 3. The zero-order valence-electron chi connectivity index (χ0n) is 23.4. The maximum atomic E-state index is 13.9. The highest BCUT2D eigenvalue weighted by Crippen LogP contribution is 2.37. The van der Waals surface area contributed by atoms with Crippen LogP contribution in [-0.2, 0) is 14.3 Å². The number of ether oxygens (including phenoxy) is 3. The van der Waals surface area contributed by atoms with Crippen molar-refractivity contribution in [2.45, 2.75) is 50.4 Å². The molecule has 1 aromatic rings. The van der Waals surface area contributed by atoms with Crippen molar-refractivity contribution in [3.63, 3.8) is 0 Å². The van der Waals surface area contributed by atoms with Crippen LogP contribution in [0.25, 0.3) is 0 Å². The molecule has 3 unspecified atom stereocenters. The van der Waals surface area contributed by atoms with Gasteiger partial charge in [0.25, 0.3) is 0 Å². The number of nitrogens with one attached hydrogen (secondary N) is 1.